The summed E-state index contributed by atoms with van der Waals surface area (Å²) in [6, 6.07) is 0. The monoisotopic (exact) mass is 196 g/mol. The zero-order valence-corrected chi connectivity index (χ0v) is 9.68. The highest BCUT2D eigenvalue weighted by molar-refractivity contribution is 5.00. The molecule has 1 aliphatic carbocycles. The Bertz CT molecular complexity index is 187. The van der Waals surface area contributed by atoms with Gasteiger partial charge in [-0.05, 0) is 65.1 Å². The van der Waals surface area contributed by atoms with Crippen LogP contribution in [0.2, 0.25) is 0 Å². The molecular weight excluding hydrogens is 172 g/mol. The fourth-order valence-corrected chi connectivity index (χ4v) is 2.77. The molecule has 1 N–H and O–H groups in total. The summed E-state index contributed by atoms with van der Waals surface area (Å²) < 4.78 is 0. The van der Waals surface area contributed by atoms with Crippen molar-refractivity contribution in [2.24, 2.45) is 5.92 Å². The minimum absolute atomic E-state index is 0.565. The Hall–Kier alpha value is -0.0800. The zero-order valence-electron chi connectivity index (χ0n) is 9.68. The number of nitrogens with zero attached hydrogens (tertiary/aromatic N) is 1. The molecule has 1 saturated heterocycles. The van der Waals surface area contributed by atoms with E-state index in [9.17, 15) is 0 Å². The summed E-state index contributed by atoms with van der Waals surface area (Å²) in [5.41, 5.74) is 0.565. The Kier molecular flexibility index (Phi) is 3.13. The first-order valence-electron chi connectivity index (χ1n) is 6.12. The van der Waals surface area contributed by atoms with Crippen molar-refractivity contribution in [3.05, 3.63) is 0 Å². The third-order valence-corrected chi connectivity index (χ3v) is 4.14. The topological polar surface area (TPSA) is 15.3 Å². The summed E-state index contributed by atoms with van der Waals surface area (Å²) in [6.07, 6.45) is 8.53. The van der Waals surface area contributed by atoms with E-state index in [-0.39, 0.29) is 0 Å². The van der Waals surface area contributed by atoms with Crippen LogP contribution in [0, 0.1) is 5.92 Å². The maximum absolute atomic E-state index is 3.49. The van der Waals surface area contributed by atoms with Crippen molar-refractivity contribution >= 4 is 0 Å². The third kappa shape index (κ3) is 2.48. The van der Waals surface area contributed by atoms with Gasteiger partial charge in [0, 0.05) is 12.1 Å². The molecule has 2 aliphatic rings. The van der Waals surface area contributed by atoms with Gasteiger partial charge in [-0.15, -0.1) is 0 Å². The van der Waals surface area contributed by atoms with E-state index < -0.39 is 0 Å². The Morgan fingerprint density at radius 3 is 2.79 bits per heavy atom. The molecule has 1 atom stereocenters. The molecule has 0 spiro atoms. The van der Waals surface area contributed by atoms with Gasteiger partial charge >= 0.3 is 0 Å². The van der Waals surface area contributed by atoms with Gasteiger partial charge in [0.05, 0.1) is 0 Å². The second kappa shape index (κ2) is 4.19. The number of nitrogens with one attached hydrogen (secondary N) is 1. The van der Waals surface area contributed by atoms with E-state index in [0.717, 1.165) is 5.92 Å². The Balaban J connectivity index is 1.69. The van der Waals surface area contributed by atoms with Crippen LogP contribution in [0.1, 0.15) is 38.5 Å². The van der Waals surface area contributed by atoms with E-state index in [4.69, 9.17) is 0 Å². The Labute approximate surface area is 88.1 Å². The van der Waals surface area contributed by atoms with Crippen LogP contribution in [-0.4, -0.2) is 37.6 Å². The van der Waals surface area contributed by atoms with E-state index in [2.05, 4.69) is 24.3 Å². The predicted molar refractivity (Wildman–Crippen MR) is 60.5 cm³/mol. The normalized spacial score (nSPS) is 31.7. The van der Waals surface area contributed by atoms with Crippen LogP contribution in [0.5, 0.6) is 0 Å². The van der Waals surface area contributed by atoms with Gasteiger partial charge in [-0.25, -0.2) is 0 Å². The van der Waals surface area contributed by atoms with Gasteiger partial charge in [0.15, 0.2) is 0 Å². The van der Waals surface area contributed by atoms with E-state index in [1.54, 1.807) is 0 Å². The molecule has 1 heterocycles. The van der Waals surface area contributed by atoms with Gasteiger partial charge in [-0.3, -0.25) is 0 Å². The van der Waals surface area contributed by atoms with Crippen molar-refractivity contribution in [3.8, 4) is 0 Å². The second-order valence-electron chi connectivity index (χ2n) is 5.34. The van der Waals surface area contributed by atoms with Crippen molar-refractivity contribution in [1.29, 1.82) is 0 Å². The van der Waals surface area contributed by atoms with Crippen LogP contribution in [-0.2, 0) is 0 Å². The van der Waals surface area contributed by atoms with Gasteiger partial charge in [-0.1, -0.05) is 0 Å². The van der Waals surface area contributed by atoms with Crippen LogP contribution < -0.4 is 5.32 Å². The molecule has 0 aromatic heterocycles. The molecule has 2 fully saturated rings. The zero-order chi connectivity index (χ0) is 10.0. The maximum atomic E-state index is 3.49. The quantitative estimate of drug-likeness (QED) is 0.738. The summed E-state index contributed by atoms with van der Waals surface area (Å²) in [5.74, 6) is 0.972. The molecule has 0 radical (unpaired) electrons. The van der Waals surface area contributed by atoms with Crippen molar-refractivity contribution in [1.82, 2.24) is 10.2 Å². The van der Waals surface area contributed by atoms with Crippen molar-refractivity contribution in [2.75, 3.05) is 27.2 Å². The van der Waals surface area contributed by atoms with Gasteiger partial charge in [-0.2, -0.15) is 0 Å². The van der Waals surface area contributed by atoms with Crippen LogP contribution in [0.4, 0.5) is 0 Å². The number of piperidine rings is 1. The van der Waals surface area contributed by atoms with E-state index in [0.29, 0.717) is 5.54 Å². The van der Waals surface area contributed by atoms with E-state index in [1.807, 2.05) is 0 Å². The molecule has 1 saturated carbocycles. The van der Waals surface area contributed by atoms with Gasteiger partial charge in [0.25, 0.3) is 0 Å². The molecule has 1 aliphatic heterocycles. The molecule has 2 nitrogen and oxygen atoms in total. The van der Waals surface area contributed by atoms with Crippen LogP contribution in [0.15, 0.2) is 0 Å². The highest BCUT2D eigenvalue weighted by Crippen LogP contribution is 2.40. The van der Waals surface area contributed by atoms with Crippen molar-refractivity contribution in [3.63, 3.8) is 0 Å². The molecule has 0 amide bonds. The first kappa shape index (κ1) is 10.4. The summed E-state index contributed by atoms with van der Waals surface area (Å²) >= 11 is 0. The lowest BCUT2D eigenvalue weighted by molar-refractivity contribution is 0.195. The number of likely N-dealkylation sites (tertiary alicyclic amines) is 1. The van der Waals surface area contributed by atoms with Crippen molar-refractivity contribution < 1.29 is 0 Å². The molecule has 2 heteroatoms. The highest BCUT2D eigenvalue weighted by Gasteiger charge is 2.40. The van der Waals surface area contributed by atoms with Crippen LogP contribution in [0.25, 0.3) is 0 Å². The molecule has 82 valence electrons. The van der Waals surface area contributed by atoms with E-state index in [1.165, 1.54) is 51.6 Å². The van der Waals surface area contributed by atoms with Crippen LogP contribution >= 0.6 is 0 Å². The molecule has 0 aromatic carbocycles. The van der Waals surface area contributed by atoms with Gasteiger partial charge in [0.1, 0.15) is 0 Å². The second-order valence-corrected chi connectivity index (χ2v) is 5.34. The SMILES string of the molecule is CNC1(CCC2CCCN(C)C2)CC1. The van der Waals surface area contributed by atoms with Gasteiger partial charge in [0.2, 0.25) is 0 Å². The standard InChI is InChI=1S/C12H24N2/c1-13-12(7-8-12)6-5-11-4-3-9-14(2)10-11/h11,13H,3-10H2,1-2H3. The lowest BCUT2D eigenvalue weighted by Gasteiger charge is -2.30. The van der Waals surface area contributed by atoms with E-state index >= 15 is 0 Å². The first-order valence-corrected chi connectivity index (χ1v) is 6.12. The summed E-state index contributed by atoms with van der Waals surface area (Å²) in [7, 11) is 4.39. The lowest BCUT2D eigenvalue weighted by atomic mass is 9.91. The first-order chi connectivity index (χ1) is 6.74. The molecule has 2 rings (SSSR count). The number of rotatable bonds is 4. The maximum Gasteiger partial charge on any atom is 0.0180 e. The Morgan fingerprint density at radius 1 is 1.43 bits per heavy atom. The lowest BCUT2D eigenvalue weighted by Crippen LogP contribution is -2.34. The predicted octanol–water partition coefficient (Wildman–Crippen LogP) is 1.86. The number of hydrogen-bond donors (Lipinski definition) is 1. The largest absolute Gasteiger partial charge is 0.314 e. The molecular formula is C12H24N2. The summed E-state index contributed by atoms with van der Waals surface area (Å²) in [6.45, 7) is 2.65. The minimum atomic E-state index is 0.565. The fraction of sp³-hybridized carbons (Fsp3) is 1.00. The van der Waals surface area contributed by atoms with Crippen molar-refractivity contribution in [2.45, 2.75) is 44.1 Å². The summed E-state index contributed by atoms with van der Waals surface area (Å²) in [4.78, 5) is 2.49. The summed E-state index contributed by atoms with van der Waals surface area (Å²) in [5, 5.41) is 3.49. The smallest absolute Gasteiger partial charge is 0.0180 e. The minimum Gasteiger partial charge on any atom is -0.314 e. The highest BCUT2D eigenvalue weighted by atomic mass is 15.1. The average molecular weight is 196 g/mol. The van der Waals surface area contributed by atoms with Crippen LogP contribution in [0.3, 0.4) is 0 Å². The molecule has 0 bridgehead atoms. The fourth-order valence-electron chi connectivity index (χ4n) is 2.77. The Morgan fingerprint density at radius 2 is 2.21 bits per heavy atom. The number of hydrogen-bond acceptors (Lipinski definition) is 2. The average Bonchev–Trinajstić information content (AvgIpc) is 2.96. The molecule has 1 unspecified atom stereocenters. The molecule has 14 heavy (non-hydrogen) atoms. The third-order valence-electron chi connectivity index (χ3n) is 4.14. The van der Waals surface area contributed by atoms with Gasteiger partial charge < -0.3 is 10.2 Å². The molecule has 0 aromatic rings.